The topological polar surface area (TPSA) is 42.1 Å². The van der Waals surface area contributed by atoms with E-state index in [1.807, 2.05) is 12.1 Å². The van der Waals surface area contributed by atoms with Gasteiger partial charge in [-0.3, -0.25) is 9.88 Å². The molecular weight excluding hydrogens is 246 g/mol. The van der Waals surface area contributed by atoms with Crippen LogP contribution in [-0.2, 0) is 6.54 Å². The Morgan fingerprint density at radius 1 is 1.10 bits per heavy atom. The number of nitrogens with zero attached hydrogens (tertiary/aromatic N) is 2. The largest absolute Gasteiger partial charge is 0.329 e. The van der Waals surface area contributed by atoms with Crippen molar-refractivity contribution in [3.63, 3.8) is 0 Å². The summed E-state index contributed by atoms with van der Waals surface area (Å²) >= 11 is 0. The van der Waals surface area contributed by atoms with Gasteiger partial charge in [-0.05, 0) is 32.0 Å². The molecule has 20 heavy (non-hydrogen) atoms. The second kappa shape index (κ2) is 6.33. The molecule has 0 atom stereocenters. The van der Waals surface area contributed by atoms with Crippen molar-refractivity contribution in [2.24, 2.45) is 5.73 Å². The summed E-state index contributed by atoms with van der Waals surface area (Å²) in [5.41, 5.74) is 8.25. The number of likely N-dealkylation sites (N-methyl/N-ethyl adjacent to an activating group) is 1. The molecule has 0 spiro atoms. The molecular formula is C17H25N3. The number of para-hydroxylation sites is 1. The van der Waals surface area contributed by atoms with Gasteiger partial charge in [0.25, 0.3) is 0 Å². The van der Waals surface area contributed by atoms with Crippen molar-refractivity contribution in [2.75, 3.05) is 13.6 Å². The summed E-state index contributed by atoms with van der Waals surface area (Å²) in [4.78, 5) is 7.10. The molecule has 0 fully saturated rings. The van der Waals surface area contributed by atoms with E-state index in [1.54, 1.807) is 0 Å². The molecule has 0 aliphatic rings. The van der Waals surface area contributed by atoms with Crippen molar-refractivity contribution in [3.8, 4) is 0 Å². The maximum atomic E-state index is 6.01. The van der Waals surface area contributed by atoms with Crippen LogP contribution in [0.3, 0.4) is 0 Å². The van der Waals surface area contributed by atoms with Crippen LogP contribution in [0.15, 0.2) is 36.4 Å². The lowest BCUT2D eigenvalue weighted by molar-refractivity contribution is 0.107. The van der Waals surface area contributed by atoms with Crippen molar-refractivity contribution < 1.29 is 0 Å². The fraction of sp³-hybridized carbons (Fsp3) is 0.471. The van der Waals surface area contributed by atoms with Crippen LogP contribution >= 0.6 is 0 Å². The van der Waals surface area contributed by atoms with E-state index in [2.05, 4.69) is 50.1 Å². The number of fused-ring (bicyclic) bond motifs is 1. The first-order valence-electron chi connectivity index (χ1n) is 7.41. The summed E-state index contributed by atoms with van der Waals surface area (Å²) in [6.07, 6.45) is 2.12. The third-order valence-electron chi connectivity index (χ3n) is 4.56. The maximum absolute atomic E-state index is 6.01. The summed E-state index contributed by atoms with van der Waals surface area (Å²) in [6, 6.07) is 12.5. The van der Waals surface area contributed by atoms with Crippen molar-refractivity contribution in [3.05, 3.63) is 42.1 Å². The van der Waals surface area contributed by atoms with E-state index in [0.29, 0.717) is 6.54 Å². The van der Waals surface area contributed by atoms with Crippen LogP contribution in [0.25, 0.3) is 10.9 Å². The van der Waals surface area contributed by atoms with Crippen LogP contribution in [-0.4, -0.2) is 29.0 Å². The van der Waals surface area contributed by atoms with E-state index < -0.39 is 0 Å². The zero-order valence-electron chi connectivity index (χ0n) is 12.8. The number of hydrogen-bond acceptors (Lipinski definition) is 3. The molecule has 2 rings (SSSR count). The first-order valence-corrected chi connectivity index (χ1v) is 7.41. The van der Waals surface area contributed by atoms with Crippen LogP contribution in [0.1, 0.15) is 32.4 Å². The number of benzene rings is 1. The number of aromatic nitrogens is 1. The summed E-state index contributed by atoms with van der Waals surface area (Å²) in [7, 11) is 2.15. The lowest BCUT2D eigenvalue weighted by atomic mass is 9.91. The van der Waals surface area contributed by atoms with Crippen LogP contribution < -0.4 is 5.73 Å². The van der Waals surface area contributed by atoms with Crippen molar-refractivity contribution in [1.82, 2.24) is 9.88 Å². The molecule has 2 N–H and O–H groups in total. The van der Waals surface area contributed by atoms with Gasteiger partial charge in [-0.15, -0.1) is 0 Å². The number of rotatable bonds is 6. The molecule has 0 aliphatic heterocycles. The zero-order chi connectivity index (χ0) is 14.6. The van der Waals surface area contributed by atoms with Gasteiger partial charge in [0.2, 0.25) is 0 Å². The lowest BCUT2D eigenvalue weighted by Gasteiger charge is -2.40. The Labute approximate surface area is 121 Å². The minimum absolute atomic E-state index is 0.0767. The Kier molecular flexibility index (Phi) is 4.73. The van der Waals surface area contributed by atoms with E-state index in [9.17, 15) is 0 Å². The Bertz CT molecular complexity index is 553. The van der Waals surface area contributed by atoms with Gasteiger partial charge in [0.1, 0.15) is 0 Å². The third kappa shape index (κ3) is 2.84. The Morgan fingerprint density at radius 2 is 1.80 bits per heavy atom. The second-order valence-electron chi connectivity index (χ2n) is 5.49. The molecule has 1 aromatic carbocycles. The minimum Gasteiger partial charge on any atom is -0.329 e. The fourth-order valence-corrected chi connectivity index (χ4v) is 2.84. The average Bonchev–Trinajstić information content (AvgIpc) is 2.49. The predicted molar refractivity (Wildman–Crippen MR) is 85.6 cm³/mol. The van der Waals surface area contributed by atoms with Gasteiger partial charge in [0.15, 0.2) is 0 Å². The molecule has 0 unspecified atom stereocenters. The second-order valence-corrected chi connectivity index (χ2v) is 5.49. The molecule has 0 bridgehead atoms. The summed E-state index contributed by atoms with van der Waals surface area (Å²) in [5, 5.41) is 1.19. The van der Waals surface area contributed by atoms with Crippen LogP contribution in [0.2, 0.25) is 0 Å². The summed E-state index contributed by atoms with van der Waals surface area (Å²) in [5.74, 6) is 0. The van der Waals surface area contributed by atoms with Crippen LogP contribution in [0.5, 0.6) is 0 Å². The van der Waals surface area contributed by atoms with E-state index in [-0.39, 0.29) is 5.54 Å². The highest BCUT2D eigenvalue weighted by Crippen LogP contribution is 2.23. The van der Waals surface area contributed by atoms with Crippen molar-refractivity contribution in [2.45, 2.75) is 38.8 Å². The quantitative estimate of drug-likeness (QED) is 0.877. The SMILES string of the molecule is CCC(CC)(CN)N(C)Cc1ccc2ccccc2n1. The molecule has 2 aromatic rings. The molecule has 0 saturated carbocycles. The molecule has 0 radical (unpaired) electrons. The summed E-state index contributed by atoms with van der Waals surface area (Å²) in [6.45, 7) is 5.94. The highest BCUT2D eigenvalue weighted by atomic mass is 15.2. The normalized spacial score (nSPS) is 12.2. The molecule has 0 aliphatic carbocycles. The summed E-state index contributed by atoms with van der Waals surface area (Å²) < 4.78 is 0. The fourth-order valence-electron chi connectivity index (χ4n) is 2.84. The highest BCUT2D eigenvalue weighted by Gasteiger charge is 2.29. The van der Waals surface area contributed by atoms with Gasteiger partial charge in [-0.1, -0.05) is 38.1 Å². The molecule has 3 heteroatoms. The third-order valence-corrected chi connectivity index (χ3v) is 4.56. The highest BCUT2D eigenvalue weighted by molar-refractivity contribution is 5.78. The van der Waals surface area contributed by atoms with Gasteiger partial charge >= 0.3 is 0 Å². The zero-order valence-corrected chi connectivity index (χ0v) is 12.8. The maximum Gasteiger partial charge on any atom is 0.0705 e. The van der Waals surface area contributed by atoms with Crippen LogP contribution in [0, 0.1) is 0 Å². The van der Waals surface area contributed by atoms with E-state index >= 15 is 0 Å². The predicted octanol–water partition coefficient (Wildman–Crippen LogP) is 3.18. The first kappa shape index (κ1) is 14.9. The molecule has 1 aromatic heterocycles. The van der Waals surface area contributed by atoms with E-state index in [4.69, 9.17) is 10.7 Å². The Morgan fingerprint density at radius 3 is 2.45 bits per heavy atom. The Balaban J connectivity index is 2.22. The van der Waals surface area contributed by atoms with Gasteiger partial charge in [0, 0.05) is 24.0 Å². The smallest absolute Gasteiger partial charge is 0.0705 e. The monoisotopic (exact) mass is 271 g/mol. The Hall–Kier alpha value is -1.45. The standard InChI is InChI=1S/C17H25N3/c1-4-17(5-2,13-18)20(3)12-15-11-10-14-8-6-7-9-16(14)19-15/h6-11H,4-5,12-13,18H2,1-3H3. The van der Waals surface area contributed by atoms with Gasteiger partial charge < -0.3 is 5.73 Å². The van der Waals surface area contributed by atoms with Gasteiger partial charge in [-0.25, -0.2) is 0 Å². The molecule has 0 amide bonds. The molecule has 3 nitrogen and oxygen atoms in total. The molecule has 1 heterocycles. The molecule has 0 saturated heterocycles. The van der Waals surface area contributed by atoms with Gasteiger partial charge in [-0.2, -0.15) is 0 Å². The number of pyridine rings is 1. The van der Waals surface area contributed by atoms with Crippen molar-refractivity contribution >= 4 is 10.9 Å². The van der Waals surface area contributed by atoms with E-state index in [1.165, 1.54) is 5.39 Å². The number of hydrogen-bond donors (Lipinski definition) is 1. The number of nitrogens with two attached hydrogens (primary N) is 1. The first-order chi connectivity index (χ1) is 9.65. The molecule has 108 valence electrons. The van der Waals surface area contributed by atoms with Crippen LogP contribution in [0.4, 0.5) is 0 Å². The van der Waals surface area contributed by atoms with E-state index in [0.717, 1.165) is 30.6 Å². The van der Waals surface area contributed by atoms with Gasteiger partial charge in [0.05, 0.1) is 11.2 Å². The van der Waals surface area contributed by atoms with Crippen molar-refractivity contribution in [1.29, 1.82) is 0 Å². The average molecular weight is 271 g/mol. The minimum atomic E-state index is 0.0767. The lowest BCUT2D eigenvalue weighted by Crippen LogP contribution is -2.50.